The number of allylic oxidation sites excluding steroid dienone is 1. The smallest absolute Gasteiger partial charge is 0.355 e. The number of nitrogens with two attached hydrogens (primary N) is 1. The fourth-order valence-electron chi connectivity index (χ4n) is 11.4. The Balaban J connectivity index is 1.04. The Morgan fingerprint density at radius 1 is 0.826 bits per heavy atom. The van der Waals surface area contributed by atoms with Crippen molar-refractivity contribution in [3.05, 3.63) is 112 Å². The van der Waals surface area contributed by atoms with Crippen molar-refractivity contribution in [1.82, 2.24) is 61.1 Å². The molecule has 1 aromatic carbocycles. The number of fused-ring (bicyclic) bond motifs is 15. The van der Waals surface area contributed by atoms with E-state index >= 15 is 9.59 Å². The summed E-state index contributed by atoms with van der Waals surface area (Å²) in [6.07, 6.45) is -7.20. The van der Waals surface area contributed by atoms with Gasteiger partial charge in [0.2, 0.25) is 5.91 Å². The van der Waals surface area contributed by atoms with E-state index in [0.717, 1.165) is 56.7 Å². The van der Waals surface area contributed by atoms with E-state index in [0.29, 0.717) is 16.5 Å². The first-order valence-electron chi connectivity index (χ1n) is 28.2. The number of hydrogen-bond acceptors (Lipinski definition) is 28. The number of aliphatic hydroxyl groups excluding tert-OH is 1. The lowest BCUT2D eigenvalue weighted by Crippen LogP contribution is -2.62. The number of benzene rings is 1. The summed E-state index contributed by atoms with van der Waals surface area (Å²) in [5, 5.41) is 53.7. The average Bonchev–Trinajstić information content (AvgIpc) is 1.86. The van der Waals surface area contributed by atoms with Gasteiger partial charge in [-0.05, 0) is 59.5 Å². The molecule has 12 rings (SSSR count). The van der Waals surface area contributed by atoms with Crippen molar-refractivity contribution in [2.45, 2.75) is 108 Å². The fourth-order valence-corrected chi connectivity index (χ4v) is 15.6. The highest BCUT2D eigenvalue weighted by Crippen LogP contribution is 2.43. The van der Waals surface area contributed by atoms with Crippen LogP contribution < -0.4 is 27.0 Å². The number of cyclic esters (lactones) is 2. The molecule has 8 aromatic rings. The van der Waals surface area contributed by atoms with Crippen molar-refractivity contribution in [3.8, 4) is 38.4 Å². The molecule has 4 aliphatic rings. The molecule has 12 bridgehead atoms. The maximum absolute atomic E-state index is 15.1. The number of primary amides is 1. The Kier molecular flexibility index (Phi) is 17.6. The van der Waals surface area contributed by atoms with Gasteiger partial charge in [-0.2, -0.15) is 0 Å². The molecular weight excluding hydrogens is 1300 g/mol. The second-order valence-corrected chi connectivity index (χ2v) is 26.6. The minimum Gasteiger partial charge on any atom is -0.506 e. The minimum absolute atomic E-state index is 0.0128. The lowest BCUT2D eigenvalue weighted by molar-refractivity contribution is -0.280. The van der Waals surface area contributed by atoms with Crippen LogP contribution in [0.2, 0.25) is 0 Å². The Labute approximate surface area is 541 Å². The molecule has 0 radical (unpaired) electrons. The van der Waals surface area contributed by atoms with E-state index in [2.05, 4.69) is 41.2 Å². The number of nitrogens with one attached hydrogen (secondary N) is 5. The van der Waals surface area contributed by atoms with Gasteiger partial charge in [0.1, 0.15) is 125 Å². The molecule has 10 atom stereocenters. The molecule has 10 N–H and O–H groups in total. The number of aromatic nitrogens is 7. The monoisotopic (exact) mass is 1350 g/mol. The van der Waals surface area contributed by atoms with Crippen LogP contribution in [0.25, 0.3) is 49.3 Å². The van der Waals surface area contributed by atoms with Gasteiger partial charge in [-0.25, -0.2) is 39.5 Å². The average molecular weight is 1350 g/mol. The first kappa shape index (κ1) is 63.6. The summed E-state index contributed by atoms with van der Waals surface area (Å²) in [7, 11) is 4.90. The number of ether oxygens (including phenoxy) is 6. The van der Waals surface area contributed by atoms with Crippen LogP contribution in [0, 0.1) is 0 Å². The largest absolute Gasteiger partial charge is 0.506 e. The molecule has 0 saturated carbocycles. The van der Waals surface area contributed by atoms with E-state index in [9.17, 15) is 39.3 Å². The predicted molar refractivity (Wildman–Crippen MR) is 332 cm³/mol. The highest BCUT2D eigenvalue weighted by Gasteiger charge is 2.50. The number of esters is 2. The summed E-state index contributed by atoms with van der Waals surface area (Å²) >= 11 is 4.75. The molecule has 0 spiro atoms. The number of aliphatic hydroxyl groups is 2. The Morgan fingerprint density at radius 2 is 1.50 bits per heavy atom. The van der Waals surface area contributed by atoms with Crippen LogP contribution in [-0.4, -0.2) is 173 Å². The number of carbonyl (C=O) groups excluding carboxylic acids is 7. The van der Waals surface area contributed by atoms with E-state index in [1.165, 1.54) is 48.5 Å². The Morgan fingerprint density at radius 3 is 2.22 bits per heavy atom. The summed E-state index contributed by atoms with van der Waals surface area (Å²) in [5.74, 6) is -6.64. The number of nitrogens with zero attached hydrogens (tertiary/aromatic N) is 7. The highest BCUT2D eigenvalue weighted by atomic mass is 32.1. The van der Waals surface area contributed by atoms with Crippen molar-refractivity contribution in [2.24, 2.45) is 5.73 Å². The number of aromatic amines is 1. The number of H-pyrrole nitrogens is 1. The quantitative estimate of drug-likeness (QED) is 0.0780. The summed E-state index contributed by atoms with van der Waals surface area (Å²) in [5.41, 5.74) is 4.49. The van der Waals surface area contributed by atoms with Crippen LogP contribution in [0.5, 0.6) is 5.75 Å². The van der Waals surface area contributed by atoms with Crippen molar-refractivity contribution < 1.29 is 77.3 Å². The van der Waals surface area contributed by atoms with Crippen LogP contribution >= 0.6 is 56.7 Å². The standard InChI is InChI=1S/C58H57N13O16S5/c1-21(72)37-50(78)69-38(22(2)82-7)53-65-33(20-91-53)49(77)70-42-43-44(87-35-12-58(4,81)45(71(5)6)23(3)86-35)57(80)84-13-24-9-8-10-27-36(24)26(14-83-43)40(60-27)56(79)85-15-28(61-47(75)31-19-92-55(42)66-31)52-62-29(16-89-52)39-25(51-64-32(18-88-51)48(76)68-37)11-34(73)41(67-39)54-63-30(17-90-54)46(59)74/h8-11,16-21,23,28,35,37,42-45,60,72-73,81H,12-15H2,1-7H3,(H2,59,74)(H,61,75)(H,68,76)(H,69,78)(H,70,77)/b38-22+/t21-,23+,28+,35+,37+,42+,43+,44+,45-,58+/m1/s1. The molecule has 1 fully saturated rings. The molecule has 5 amide bonds. The maximum atomic E-state index is 15.1. The van der Waals surface area contributed by atoms with Gasteiger partial charge < -0.3 is 80.6 Å². The second-order valence-electron chi connectivity index (χ2n) is 22.3. The molecule has 7 aromatic heterocycles. The molecule has 480 valence electrons. The third-order valence-electron chi connectivity index (χ3n) is 15.6. The van der Waals surface area contributed by atoms with Crippen LogP contribution in [-0.2, 0) is 51.2 Å². The maximum Gasteiger partial charge on any atom is 0.355 e. The number of thiazole rings is 5. The van der Waals surface area contributed by atoms with Crippen LogP contribution in [0.3, 0.4) is 0 Å². The molecule has 0 aliphatic carbocycles. The second kappa shape index (κ2) is 25.5. The van der Waals surface area contributed by atoms with E-state index < -0.39 is 121 Å². The van der Waals surface area contributed by atoms with Crippen LogP contribution in [0.15, 0.2) is 56.9 Å². The molecular formula is C58H57N13O16S5. The molecule has 29 nitrogen and oxygen atoms in total. The number of rotatable bonds is 7. The van der Waals surface area contributed by atoms with Gasteiger partial charge in [0.05, 0.1) is 37.6 Å². The van der Waals surface area contributed by atoms with Gasteiger partial charge >= 0.3 is 11.9 Å². The first-order chi connectivity index (χ1) is 43.9. The van der Waals surface area contributed by atoms with Gasteiger partial charge in [-0.15, -0.1) is 56.7 Å². The SMILES string of the molecule is CO/C(C)=C1/NC(=O)[C@H]([C@@H](C)O)NC(=O)c2csc(n2)-c2cc(O)c(-c3nc(C(N)=O)cs3)nc2-c2csc(n2)[C@@H]2COC(=O)c3[nH]c4cccc5c4c3CO[C@H]([C@H](O[C@H]3C[C@](C)(O)[C@H](N(C)C)[C@H](C)O3)C(=O)OC5)[C@H](NC(=O)c3csc1n3)c1nc(cs1)C(=O)N2. The third-order valence-corrected chi connectivity index (χ3v) is 20.1. The first-order valence-corrected chi connectivity index (χ1v) is 32.6. The summed E-state index contributed by atoms with van der Waals surface area (Å²) in [6.45, 7) is 4.75. The van der Waals surface area contributed by atoms with Crippen molar-refractivity contribution >= 4 is 115 Å². The molecule has 34 heteroatoms. The van der Waals surface area contributed by atoms with Crippen LogP contribution in [0.1, 0.15) is 125 Å². The molecule has 4 aliphatic heterocycles. The van der Waals surface area contributed by atoms with E-state index in [1.54, 1.807) is 51.5 Å². The lowest BCUT2D eigenvalue weighted by atomic mass is 9.85. The summed E-state index contributed by atoms with van der Waals surface area (Å²) in [4.78, 5) is 134. The predicted octanol–water partition coefficient (Wildman–Crippen LogP) is 4.55. The normalized spacial score (nSPS) is 24.9. The van der Waals surface area contributed by atoms with Crippen molar-refractivity contribution in [3.63, 3.8) is 0 Å². The number of hydrogen-bond donors (Lipinski definition) is 9. The number of likely N-dealkylation sites (N-methyl/N-ethyl adjacent to an activating group) is 1. The van der Waals surface area contributed by atoms with Gasteiger partial charge in [-0.3, -0.25) is 24.0 Å². The van der Waals surface area contributed by atoms with E-state index in [1.807, 2.05) is 4.90 Å². The number of aromatic hydroxyl groups is 1. The zero-order valence-corrected chi connectivity index (χ0v) is 53.7. The van der Waals surface area contributed by atoms with Crippen molar-refractivity contribution in [1.29, 1.82) is 0 Å². The van der Waals surface area contributed by atoms with E-state index in [-0.39, 0.29) is 106 Å². The topological polar surface area (TPSA) is 406 Å². The zero-order chi connectivity index (χ0) is 65.2. The Hall–Kier alpha value is -8.55. The highest BCUT2D eigenvalue weighted by molar-refractivity contribution is 7.14. The van der Waals surface area contributed by atoms with Crippen molar-refractivity contribution in [2.75, 3.05) is 27.8 Å². The third kappa shape index (κ3) is 12.4. The zero-order valence-electron chi connectivity index (χ0n) is 49.6. The minimum atomic E-state index is -1.84. The van der Waals surface area contributed by atoms with E-state index in [4.69, 9.17) is 49.1 Å². The summed E-state index contributed by atoms with van der Waals surface area (Å²) < 4.78 is 37.8. The van der Waals surface area contributed by atoms with Gasteiger partial charge in [0.25, 0.3) is 23.6 Å². The lowest BCUT2D eigenvalue weighted by Gasteiger charge is -2.48. The van der Waals surface area contributed by atoms with Crippen LogP contribution in [0.4, 0.5) is 0 Å². The summed E-state index contributed by atoms with van der Waals surface area (Å²) in [6, 6.07) is 1.41. The van der Waals surface area contributed by atoms with Gasteiger partial charge in [-0.1, -0.05) is 12.1 Å². The fraction of sp³-hybridized carbons (Fsp3) is 0.362. The van der Waals surface area contributed by atoms with Gasteiger partial charge in [0, 0.05) is 55.4 Å². The number of carbonyl (C=O) groups is 7. The number of methoxy groups -OCH3 is 1. The molecule has 11 heterocycles. The molecule has 1 saturated heterocycles. The molecule has 0 unspecified atom stereocenters. The van der Waals surface area contributed by atoms with Gasteiger partial charge in [0.15, 0.2) is 12.4 Å². The number of pyridine rings is 1. The Bertz CT molecular complexity index is 4300. The molecule has 92 heavy (non-hydrogen) atoms. The number of amides is 5.